The summed E-state index contributed by atoms with van der Waals surface area (Å²) in [4.78, 5) is 48.9. The number of ketones is 1. The second kappa shape index (κ2) is 9.18. The fourth-order valence-electron chi connectivity index (χ4n) is 3.90. The molecule has 2 N–H and O–H groups in total. The number of nitrogens with one attached hydrogen (secondary N) is 1. The van der Waals surface area contributed by atoms with E-state index in [0.29, 0.717) is 5.69 Å². The zero-order valence-electron chi connectivity index (χ0n) is 18.3. The third-order valence-corrected chi connectivity index (χ3v) is 5.46. The molecule has 1 aliphatic rings. The van der Waals surface area contributed by atoms with Crippen LogP contribution in [0.3, 0.4) is 0 Å². The Kier molecular flexibility index (Phi) is 6.11. The molecular formula is C25H18FN3O6. The Morgan fingerprint density at radius 1 is 1.03 bits per heavy atom. The van der Waals surface area contributed by atoms with E-state index < -0.39 is 34.2 Å². The van der Waals surface area contributed by atoms with Crippen LogP contribution in [0.1, 0.15) is 24.1 Å². The molecule has 176 valence electrons. The number of amides is 2. The van der Waals surface area contributed by atoms with Gasteiger partial charge in [0, 0.05) is 41.6 Å². The summed E-state index contributed by atoms with van der Waals surface area (Å²) in [5.41, 5.74) is 0.118. The number of rotatable bonds is 5. The number of hydrogen-bond acceptors (Lipinski definition) is 6. The molecule has 0 aliphatic carbocycles. The highest BCUT2D eigenvalue weighted by Gasteiger charge is 2.47. The molecule has 0 saturated carbocycles. The average molecular weight is 475 g/mol. The quantitative estimate of drug-likeness (QED) is 0.186. The topological polar surface area (TPSA) is 130 Å². The number of nitro groups is 1. The molecule has 1 atom stereocenters. The first-order valence-electron chi connectivity index (χ1n) is 10.4. The number of Topliss-reactive ketones (excluding diaryl/α,β-unsaturated/α-hetero) is 1. The van der Waals surface area contributed by atoms with Crippen molar-refractivity contribution in [2.45, 2.75) is 13.0 Å². The molecule has 0 spiro atoms. The van der Waals surface area contributed by atoms with Crippen molar-refractivity contribution in [1.82, 2.24) is 0 Å². The van der Waals surface area contributed by atoms with Crippen LogP contribution in [0.15, 0.2) is 78.4 Å². The number of carbonyl (C=O) groups is 3. The third kappa shape index (κ3) is 4.36. The van der Waals surface area contributed by atoms with Gasteiger partial charge in [-0.05, 0) is 42.5 Å². The van der Waals surface area contributed by atoms with Crippen LogP contribution in [0.2, 0.25) is 0 Å². The van der Waals surface area contributed by atoms with Gasteiger partial charge in [0.2, 0.25) is 5.91 Å². The molecule has 0 radical (unpaired) electrons. The fourth-order valence-corrected chi connectivity index (χ4v) is 3.90. The molecule has 10 heteroatoms. The van der Waals surface area contributed by atoms with Crippen LogP contribution in [0.4, 0.5) is 21.5 Å². The van der Waals surface area contributed by atoms with Gasteiger partial charge in [-0.25, -0.2) is 4.39 Å². The van der Waals surface area contributed by atoms with Gasteiger partial charge in [-0.1, -0.05) is 18.2 Å². The van der Waals surface area contributed by atoms with Crippen LogP contribution in [0.25, 0.3) is 5.76 Å². The predicted molar refractivity (Wildman–Crippen MR) is 125 cm³/mol. The second-order valence-electron chi connectivity index (χ2n) is 7.72. The maximum atomic E-state index is 14.9. The lowest BCUT2D eigenvalue weighted by molar-refractivity contribution is -0.384. The molecule has 1 fully saturated rings. The number of halogens is 1. The number of benzene rings is 3. The van der Waals surface area contributed by atoms with E-state index in [0.717, 1.165) is 17.0 Å². The van der Waals surface area contributed by atoms with E-state index in [2.05, 4.69) is 5.32 Å². The fraction of sp³-hybridized carbons (Fsp3) is 0.0800. The highest BCUT2D eigenvalue weighted by Crippen LogP contribution is 2.43. The van der Waals surface area contributed by atoms with Crippen LogP contribution in [0.5, 0.6) is 0 Å². The van der Waals surface area contributed by atoms with Crippen LogP contribution in [-0.4, -0.2) is 27.6 Å². The maximum Gasteiger partial charge on any atom is 0.300 e. The average Bonchev–Trinajstić information content (AvgIpc) is 3.09. The van der Waals surface area contributed by atoms with Crippen molar-refractivity contribution in [2.24, 2.45) is 0 Å². The van der Waals surface area contributed by atoms with E-state index in [-0.39, 0.29) is 34.0 Å². The summed E-state index contributed by atoms with van der Waals surface area (Å²) in [7, 11) is 0. The van der Waals surface area contributed by atoms with Gasteiger partial charge >= 0.3 is 0 Å². The number of aliphatic hydroxyl groups is 1. The van der Waals surface area contributed by atoms with E-state index in [1.165, 1.54) is 67.6 Å². The number of aliphatic hydroxyl groups excluding tert-OH is 1. The lowest BCUT2D eigenvalue weighted by Crippen LogP contribution is -2.29. The van der Waals surface area contributed by atoms with Gasteiger partial charge in [0.25, 0.3) is 17.4 Å². The van der Waals surface area contributed by atoms with Crippen LogP contribution >= 0.6 is 0 Å². The summed E-state index contributed by atoms with van der Waals surface area (Å²) in [6.07, 6.45) is 0. The lowest BCUT2D eigenvalue weighted by atomic mass is 9.94. The Bertz CT molecular complexity index is 1380. The van der Waals surface area contributed by atoms with Crippen molar-refractivity contribution in [3.63, 3.8) is 0 Å². The van der Waals surface area contributed by atoms with E-state index >= 15 is 0 Å². The predicted octanol–water partition coefficient (Wildman–Crippen LogP) is 4.32. The van der Waals surface area contributed by atoms with Gasteiger partial charge in [-0.3, -0.25) is 29.4 Å². The highest BCUT2D eigenvalue weighted by atomic mass is 19.1. The molecule has 0 bridgehead atoms. The molecule has 35 heavy (non-hydrogen) atoms. The van der Waals surface area contributed by atoms with Crippen LogP contribution < -0.4 is 10.2 Å². The molecule has 9 nitrogen and oxygen atoms in total. The van der Waals surface area contributed by atoms with Gasteiger partial charge in [0.05, 0.1) is 16.5 Å². The first-order valence-corrected chi connectivity index (χ1v) is 10.4. The van der Waals surface area contributed by atoms with E-state index in [1.54, 1.807) is 0 Å². The van der Waals surface area contributed by atoms with Crippen LogP contribution in [-0.2, 0) is 14.4 Å². The first-order chi connectivity index (χ1) is 16.7. The Labute approximate surface area is 198 Å². The van der Waals surface area contributed by atoms with Crippen molar-refractivity contribution < 1.29 is 28.8 Å². The Morgan fingerprint density at radius 2 is 1.66 bits per heavy atom. The Balaban J connectivity index is 1.88. The molecule has 1 saturated heterocycles. The SMILES string of the molecule is CC(=O)Nc1ccc(N2C(=O)C(=O)/C(=C(/O)c3ccc([N+](=O)[O-])cc3)[C@H]2c2ccccc2F)cc1. The number of anilines is 2. The summed E-state index contributed by atoms with van der Waals surface area (Å²) in [5.74, 6) is -3.63. The van der Waals surface area contributed by atoms with E-state index in [9.17, 15) is 34.0 Å². The van der Waals surface area contributed by atoms with Gasteiger partial charge in [-0.2, -0.15) is 0 Å². The van der Waals surface area contributed by atoms with Crippen LogP contribution in [0, 0.1) is 15.9 Å². The molecule has 4 rings (SSSR count). The number of non-ortho nitro benzene ring substituents is 1. The highest BCUT2D eigenvalue weighted by molar-refractivity contribution is 6.51. The van der Waals surface area contributed by atoms with Crippen molar-refractivity contribution in [3.05, 3.63) is 105 Å². The van der Waals surface area contributed by atoms with Crippen molar-refractivity contribution in [2.75, 3.05) is 10.2 Å². The second-order valence-corrected chi connectivity index (χ2v) is 7.72. The molecule has 0 unspecified atom stereocenters. The molecule has 0 aromatic heterocycles. The maximum absolute atomic E-state index is 14.9. The van der Waals surface area contributed by atoms with Crippen molar-refractivity contribution in [3.8, 4) is 0 Å². The number of nitro benzene ring substituents is 1. The molecular weight excluding hydrogens is 457 g/mol. The third-order valence-electron chi connectivity index (χ3n) is 5.46. The Morgan fingerprint density at radius 3 is 2.23 bits per heavy atom. The summed E-state index contributed by atoms with van der Waals surface area (Å²) < 4.78 is 14.9. The monoisotopic (exact) mass is 475 g/mol. The standard InChI is InChI=1S/C25H18FN3O6/c1-14(30)27-16-8-12-17(13-9-16)28-22(19-4-2-3-5-20(19)26)21(24(32)25(28)33)23(31)15-6-10-18(11-7-15)29(34)35/h2-13,22,31H,1H3,(H,27,30)/b23-21+/t22-/m1/s1. The zero-order valence-corrected chi connectivity index (χ0v) is 18.3. The minimum Gasteiger partial charge on any atom is -0.507 e. The number of nitrogens with zero attached hydrogens (tertiary/aromatic N) is 2. The van der Waals surface area contributed by atoms with E-state index in [1.807, 2.05) is 0 Å². The summed E-state index contributed by atoms with van der Waals surface area (Å²) in [6, 6.07) is 15.0. The summed E-state index contributed by atoms with van der Waals surface area (Å²) >= 11 is 0. The molecule has 3 aromatic carbocycles. The zero-order chi connectivity index (χ0) is 25.3. The lowest BCUT2D eigenvalue weighted by Gasteiger charge is -2.26. The summed E-state index contributed by atoms with van der Waals surface area (Å²) in [6.45, 7) is 1.34. The van der Waals surface area contributed by atoms with Gasteiger partial charge in [-0.15, -0.1) is 0 Å². The van der Waals surface area contributed by atoms with Crippen molar-refractivity contribution in [1.29, 1.82) is 0 Å². The molecule has 1 aliphatic heterocycles. The largest absolute Gasteiger partial charge is 0.507 e. The normalized spacial score (nSPS) is 16.9. The Hall–Kier alpha value is -4.86. The van der Waals surface area contributed by atoms with E-state index in [4.69, 9.17) is 0 Å². The van der Waals surface area contributed by atoms with Gasteiger partial charge in [0.1, 0.15) is 11.6 Å². The van der Waals surface area contributed by atoms with Gasteiger partial charge in [0.15, 0.2) is 0 Å². The smallest absolute Gasteiger partial charge is 0.300 e. The minimum atomic E-state index is -1.31. The van der Waals surface area contributed by atoms with Crippen molar-refractivity contribution >= 4 is 40.4 Å². The molecule has 2 amide bonds. The first kappa shape index (κ1) is 23.3. The summed E-state index contributed by atoms with van der Waals surface area (Å²) in [5, 5.41) is 24.5. The molecule has 3 aromatic rings. The minimum absolute atomic E-state index is 0.0268. The molecule has 1 heterocycles. The van der Waals surface area contributed by atoms with Gasteiger partial charge < -0.3 is 10.4 Å². The number of hydrogen-bond donors (Lipinski definition) is 2. The number of carbonyl (C=O) groups excluding carboxylic acids is 3.